The molecule has 0 radical (unpaired) electrons. The molecule has 0 bridgehead atoms. The van der Waals surface area contributed by atoms with Crippen LogP contribution >= 0.6 is 11.8 Å². The fraction of sp³-hybridized carbons (Fsp3) is 0.857. The first kappa shape index (κ1) is 9.02. The molecular weight excluding hydrogens is 132 g/mol. The maximum atomic E-state index is 10.2. The molecule has 2 unspecified atom stereocenters. The molecule has 0 aromatic rings. The largest absolute Gasteiger partial charge is 0.303 e. The van der Waals surface area contributed by atoms with Crippen molar-refractivity contribution < 1.29 is 4.79 Å². The van der Waals surface area contributed by atoms with Crippen LogP contribution < -0.4 is 0 Å². The Morgan fingerprint density at radius 3 is 2.44 bits per heavy atom. The fourth-order valence-corrected chi connectivity index (χ4v) is 1.38. The van der Waals surface area contributed by atoms with Crippen molar-refractivity contribution in [1.82, 2.24) is 0 Å². The highest BCUT2D eigenvalue weighted by atomic mass is 32.2. The molecule has 0 saturated carbocycles. The van der Waals surface area contributed by atoms with Crippen LogP contribution in [0.5, 0.6) is 0 Å². The fourth-order valence-electron chi connectivity index (χ4n) is 0.549. The number of hydrogen-bond donors (Lipinski definition) is 0. The number of thioether (sulfide) groups is 1. The molecule has 0 aromatic heterocycles. The summed E-state index contributed by atoms with van der Waals surface area (Å²) in [4.78, 5) is 10.2. The summed E-state index contributed by atoms with van der Waals surface area (Å²) in [5, 5.41) is 0. The summed E-state index contributed by atoms with van der Waals surface area (Å²) in [7, 11) is 0. The first-order valence-corrected chi connectivity index (χ1v) is 4.56. The lowest BCUT2D eigenvalue weighted by Crippen LogP contribution is -2.11. The highest BCUT2D eigenvalue weighted by molar-refractivity contribution is 7.98. The second-order valence-corrected chi connectivity index (χ2v) is 3.34. The van der Waals surface area contributed by atoms with Crippen molar-refractivity contribution in [3.63, 3.8) is 0 Å². The minimum Gasteiger partial charge on any atom is -0.303 e. The average Bonchev–Trinajstić information content (AvgIpc) is 1.87. The Morgan fingerprint density at radius 1 is 1.56 bits per heavy atom. The van der Waals surface area contributed by atoms with Crippen LogP contribution in [-0.2, 0) is 4.79 Å². The molecule has 0 aromatic carbocycles. The van der Waals surface area contributed by atoms with Gasteiger partial charge in [-0.25, -0.2) is 0 Å². The Kier molecular flexibility index (Phi) is 4.87. The van der Waals surface area contributed by atoms with E-state index < -0.39 is 0 Å². The lowest BCUT2D eigenvalue weighted by molar-refractivity contribution is -0.111. The second kappa shape index (κ2) is 4.86. The van der Waals surface area contributed by atoms with Crippen LogP contribution in [0.2, 0.25) is 0 Å². The van der Waals surface area contributed by atoms with Crippen molar-refractivity contribution in [2.45, 2.75) is 13.8 Å². The molecule has 0 N–H and O–H groups in total. The van der Waals surface area contributed by atoms with Gasteiger partial charge in [-0.2, -0.15) is 11.8 Å². The predicted molar refractivity (Wildman–Crippen MR) is 42.8 cm³/mol. The number of carbonyl (C=O) groups excluding carboxylic acids is 1. The monoisotopic (exact) mass is 146 g/mol. The molecule has 0 aliphatic carbocycles. The summed E-state index contributed by atoms with van der Waals surface area (Å²) in [5.74, 6) is 1.83. The van der Waals surface area contributed by atoms with E-state index in [2.05, 4.69) is 13.2 Å². The van der Waals surface area contributed by atoms with Gasteiger partial charge in [0, 0.05) is 5.92 Å². The SMILES string of the molecule is CSCC(C)C(C)C=O. The number of hydrogen-bond acceptors (Lipinski definition) is 2. The maximum Gasteiger partial charge on any atom is 0.123 e. The van der Waals surface area contributed by atoms with Gasteiger partial charge in [-0.05, 0) is 17.9 Å². The van der Waals surface area contributed by atoms with Gasteiger partial charge in [0.1, 0.15) is 6.29 Å². The first-order valence-electron chi connectivity index (χ1n) is 3.16. The van der Waals surface area contributed by atoms with Gasteiger partial charge in [0.05, 0.1) is 0 Å². The van der Waals surface area contributed by atoms with Gasteiger partial charge in [-0.3, -0.25) is 0 Å². The van der Waals surface area contributed by atoms with Crippen LogP contribution in [0.4, 0.5) is 0 Å². The summed E-state index contributed by atoms with van der Waals surface area (Å²) < 4.78 is 0. The van der Waals surface area contributed by atoms with E-state index >= 15 is 0 Å². The van der Waals surface area contributed by atoms with Crippen LogP contribution in [-0.4, -0.2) is 18.3 Å². The van der Waals surface area contributed by atoms with Crippen LogP contribution in [0.15, 0.2) is 0 Å². The summed E-state index contributed by atoms with van der Waals surface area (Å²) >= 11 is 1.79. The Bertz CT molecular complexity index is 83.0. The molecule has 0 aliphatic rings. The Morgan fingerprint density at radius 2 is 2.11 bits per heavy atom. The van der Waals surface area contributed by atoms with Crippen LogP contribution in [0.3, 0.4) is 0 Å². The lowest BCUT2D eigenvalue weighted by atomic mass is 10.0. The molecule has 0 saturated heterocycles. The first-order chi connectivity index (χ1) is 4.22. The molecule has 2 atom stereocenters. The van der Waals surface area contributed by atoms with Gasteiger partial charge in [-0.15, -0.1) is 0 Å². The standard InChI is InChI=1S/C7H14OS/c1-6(4-8)7(2)5-9-3/h4,6-7H,5H2,1-3H3. The molecule has 1 nitrogen and oxygen atoms in total. The third-order valence-corrected chi connectivity index (χ3v) is 2.40. The van der Waals surface area contributed by atoms with E-state index in [4.69, 9.17) is 0 Å². The zero-order chi connectivity index (χ0) is 7.28. The van der Waals surface area contributed by atoms with Crippen LogP contribution in [0.1, 0.15) is 13.8 Å². The second-order valence-electron chi connectivity index (χ2n) is 2.43. The molecular formula is C7H14OS. The van der Waals surface area contributed by atoms with Gasteiger partial charge in [0.15, 0.2) is 0 Å². The molecule has 0 spiro atoms. The molecule has 2 heteroatoms. The van der Waals surface area contributed by atoms with Crippen molar-refractivity contribution in [2.75, 3.05) is 12.0 Å². The number of aldehydes is 1. The predicted octanol–water partition coefficient (Wildman–Crippen LogP) is 1.82. The van der Waals surface area contributed by atoms with Crippen molar-refractivity contribution in [3.05, 3.63) is 0 Å². The van der Waals surface area contributed by atoms with E-state index in [0.29, 0.717) is 5.92 Å². The summed E-state index contributed by atoms with van der Waals surface area (Å²) in [6, 6.07) is 0. The van der Waals surface area contributed by atoms with E-state index in [-0.39, 0.29) is 5.92 Å². The van der Waals surface area contributed by atoms with E-state index in [9.17, 15) is 4.79 Å². The minimum absolute atomic E-state index is 0.220. The molecule has 0 aliphatic heterocycles. The summed E-state index contributed by atoms with van der Waals surface area (Å²) in [6.07, 6.45) is 3.09. The molecule has 0 amide bonds. The van der Waals surface area contributed by atoms with Crippen molar-refractivity contribution in [2.24, 2.45) is 11.8 Å². The number of carbonyl (C=O) groups is 1. The molecule has 0 fully saturated rings. The van der Waals surface area contributed by atoms with E-state index in [1.54, 1.807) is 11.8 Å². The Balaban J connectivity index is 3.44. The number of rotatable bonds is 4. The summed E-state index contributed by atoms with van der Waals surface area (Å²) in [6.45, 7) is 4.07. The maximum absolute atomic E-state index is 10.2. The van der Waals surface area contributed by atoms with Gasteiger partial charge in [-0.1, -0.05) is 13.8 Å². The van der Waals surface area contributed by atoms with Crippen LogP contribution in [0.25, 0.3) is 0 Å². The Hall–Kier alpha value is 0.0200. The van der Waals surface area contributed by atoms with Crippen molar-refractivity contribution in [3.8, 4) is 0 Å². The minimum atomic E-state index is 0.220. The van der Waals surface area contributed by atoms with Gasteiger partial charge in [0.2, 0.25) is 0 Å². The average molecular weight is 146 g/mol. The van der Waals surface area contributed by atoms with Gasteiger partial charge < -0.3 is 4.79 Å². The molecule has 54 valence electrons. The van der Waals surface area contributed by atoms with E-state index in [0.717, 1.165) is 12.0 Å². The summed E-state index contributed by atoms with van der Waals surface area (Å²) in [5.41, 5.74) is 0. The van der Waals surface area contributed by atoms with E-state index in [1.807, 2.05) is 6.92 Å². The molecule has 9 heavy (non-hydrogen) atoms. The van der Waals surface area contributed by atoms with Crippen LogP contribution in [0, 0.1) is 11.8 Å². The normalized spacial score (nSPS) is 16.8. The highest BCUT2D eigenvalue weighted by Gasteiger charge is 2.08. The van der Waals surface area contributed by atoms with Gasteiger partial charge >= 0.3 is 0 Å². The highest BCUT2D eigenvalue weighted by Crippen LogP contribution is 2.12. The Labute approximate surface area is 61.2 Å². The van der Waals surface area contributed by atoms with Crippen molar-refractivity contribution in [1.29, 1.82) is 0 Å². The van der Waals surface area contributed by atoms with Gasteiger partial charge in [0.25, 0.3) is 0 Å². The third kappa shape index (κ3) is 3.57. The quantitative estimate of drug-likeness (QED) is 0.563. The molecule has 0 rings (SSSR count). The molecule has 0 heterocycles. The zero-order valence-electron chi connectivity index (χ0n) is 6.26. The van der Waals surface area contributed by atoms with E-state index in [1.165, 1.54) is 0 Å². The van der Waals surface area contributed by atoms with Crippen molar-refractivity contribution >= 4 is 18.0 Å². The topological polar surface area (TPSA) is 17.1 Å². The third-order valence-electron chi connectivity index (χ3n) is 1.54. The smallest absolute Gasteiger partial charge is 0.123 e. The zero-order valence-corrected chi connectivity index (χ0v) is 7.07. The lowest BCUT2D eigenvalue weighted by Gasteiger charge is -2.11.